The number of ketones is 1. The average Bonchev–Trinajstić information content (AvgIpc) is 3.17. The number of ether oxygens (including phenoxy) is 3. The van der Waals surface area contributed by atoms with Crippen molar-refractivity contribution in [1.29, 1.82) is 0 Å². The van der Waals surface area contributed by atoms with Gasteiger partial charge in [0.15, 0.2) is 5.78 Å². The van der Waals surface area contributed by atoms with E-state index in [1.54, 1.807) is 55.5 Å². The number of hydrogen-bond donors (Lipinski definition) is 0. The van der Waals surface area contributed by atoms with Gasteiger partial charge in [0.05, 0.1) is 25.2 Å². The quantitative estimate of drug-likeness (QED) is 0.0465. The smallest absolute Gasteiger partial charge is 0.338 e. The van der Waals surface area contributed by atoms with Crippen molar-refractivity contribution in [1.82, 2.24) is 9.80 Å². The fourth-order valence-corrected chi connectivity index (χ4v) is 6.01. The summed E-state index contributed by atoms with van der Waals surface area (Å²) in [4.78, 5) is 54.5. The van der Waals surface area contributed by atoms with Crippen LogP contribution in [0.25, 0.3) is 0 Å². The van der Waals surface area contributed by atoms with Gasteiger partial charge in [-0.2, -0.15) is 0 Å². The van der Waals surface area contributed by atoms with Crippen LogP contribution in [0.15, 0.2) is 121 Å². The summed E-state index contributed by atoms with van der Waals surface area (Å²) in [5.41, 5.74) is 3.92. The Morgan fingerprint density at radius 2 is 1.29 bits per heavy atom. The van der Waals surface area contributed by atoms with Gasteiger partial charge in [-0.15, -0.1) is 0 Å². The van der Waals surface area contributed by atoms with Gasteiger partial charge in [-0.3, -0.25) is 19.4 Å². The maximum absolute atomic E-state index is 12.8. The van der Waals surface area contributed by atoms with E-state index >= 15 is 0 Å². The molecule has 9 nitrogen and oxygen atoms in total. The predicted octanol–water partition coefficient (Wildman–Crippen LogP) is 6.27. The lowest BCUT2D eigenvalue weighted by Crippen LogP contribution is -2.48. The number of rotatable bonds is 15. The molecule has 2 atom stereocenters. The molecule has 4 aromatic rings. The highest BCUT2D eigenvalue weighted by atomic mass is 35.5. The van der Waals surface area contributed by atoms with E-state index in [-0.39, 0.29) is 25.0 Å². The summed E-state index contributed by atoms with van der Waals surface area (Å²) in [5, 5.41) is 0.722. The van der Waals surface area contributed by atoms with Crippen LogP contribution in [0, 0.1) is 0 Å². The molecule has 0 aromatic heterocycles. The molecule has 0 bridgehead atoms. The molecular formula is C41H41ClN2O7. The van der Waals surface area contributed by atoms with Crippen LogP contribution in [0.3, 0.4) is 0 Å². The number of esters is 3. The molecule has 0 amide bonds. The minimum Gasteiger partial charge on any atom is -0.460 e. The van der Waals surface area contributed by atoms with Crippen molar-refractivity contribution >= 4 is 35.3 Å². The number of nitrogens with zero attached hydrogens (tertiary/aromatic N) is 2. The van der Waals surface area contributed by atoms with Crippen LogP contribution < -0.4 is 0 Å². The maximum atomic E-state index is 12.8. The van der Waals surface area contributed by atoms with E-state index in [2.05, 4.69) is 46.2 Å². The predicted molar refractivity (Wildman–Crippen MR) is 194 cm³/mol. The standard InChI is InChI=1S/C41H41ClN2O7/c1-30(34-13-8-14-35(29-34)40(47)33-11-6-3-7-12-33)41(48)51-38(46)20-19-37(45)50-28-27-49-26-25-43-21-23-44(24-22-43)39(31-9-4-2-5-10-31)32-15-17-36(42)18-16-32/h2-20,29-30,39H,21-28H2,1H3/b20-19-. The number of hydrogen-bond acceptors (Lipinski definition) is 9. The molecule has 1 fully saturated rings. The lowest BCUT2D eigenvalue weighted by atomic mass is 9.96. The zero-order valence-electron chi connectivity index (χ0n) is 28.5. The van der Waals surface area contributed by atoms with Gasteiger partial charge in [0.25, 0.3) is 0 Å². The van der Waals surface area contributed by atoms with Crippen molar-refractivity contribution in [2.75, 3.05) is 52.5 Å². The van der Waals surface area contributed by atoms with Gasteiger partial charge in [-0.05, 0) is 41.8 Å². The molecule has 51 heavy (non-hydrogen) atoms. The lowest BCUT2D eigenvalue weighted by molar-refractivity contribution is -0.157. The molecule has 4 aromatic carbocycles. The van der Waals surface area contributed by atoms with Crippen LogP contribution in [-0.2, 0) is 28.6 Å². The molecule has 0 N–H and O–H groups in total. The van der Waals surface area contributed by atoms with Crippen LogP contribution in [0.5, 0.6) is 0 Å². The van der Waals surface area contributed by atoms with Crippen molar-refractivity contribution in [2.24, 2.45) is 0 Å². The molecular weight excluding hydrogens is 668 g/mol. The molecule has 264 valence electrons. The minimum absolute atomic E-state index is 0.0137. The number of carbonyl (C=O) groups excluding carboxylic acids is 4. The first kappa shape index (κ1) is 37.3. The summed E-state index contributed by atoms with van der Waals surface area (Å²) in [6.45, 7) is 6.65. The monoisotopic (exact) mass is 708 g/mol. The summed E-state index contributed by atoms with van der Waals surface area (Å²) >= 11 is 6.16. The maximum Gasteiger partial charge on any atom is 0.338 e. The van der Waals surface area contributed by atoms with Gasteiger partial charge >= 0.3 is 17.9 Å². The van der Waals surface area contributed by atoms with Crippen LogP contribution in [0.2, 0.25) is 5.02 Å². The van der Waals surface area contributed by atoms with Crippen molar-refractivity contribution < 1.29 is 33.4 Å². The van der Waals surface area contributed by atoms with Gasteiger partial charge in [0.2, 0.25) is 0 Å². The Kier molecular flexibility index (Phi) is 13.8. The Hall–Kier alpha value is -4.93. The Labute approximate surface area is 303 Å². The third-order valence-electron chi connectivity index (χ3n) is 8.69. The number of benzene rings is 4. The first-order valence-electron chi connectivity index (χ1n) is 16.9. The van der Waals surface area contributed by atoms with E-state index in [4.69, 9.17) is 25.8 Å². The van der Waals surface area contributed by atoms with Gasteiger partial charge in [-0.25, -0.2) is 9.59 Å². The Bertz CT molecular complexity index is 1790. The normalized spacial score (nSPS) is 14.9. The highest BCUT2D eigenvalue weighted by molar-refractivity contribution is 6.30. The van der Waals surface area contributed by atoms with E-state index < -0.39 is 23.8 Å². The van der Waals surface area contributed by atoms with Gasteiger partial charge < -0.3 is 14.2 Å². The topological polar surface area (TPSA) is 102 Å². The zero-order chi connectivity index (χ0) is 36.0. The Balaban J connectivity index is 0.970. The molecule has 0 radical (unpaired) electrons. The van der Waals surface area contributed by atoms with Crippen molar-refractivity contribution in [2.45, 2.75) is 18.9 Å². The molecule has 1 aliphatic heterocycles. The Morgan fingerprint density at radius 1 is 0.686 bits per heavy atom. The summed E-state index contributed by atoms with van der Waals surface area (Å²) in [7, 11) is 0. The summed E-state index contributed by atoms with van der Waals surface area (Å²) in [6.07, 6.45) is 1.75. The summed E-state index contributed by atoms with van der Waals surface area (Å²) < 4.78 is 15.7. The Morgan fingerprint density at radius 3 is 2.00 bits per heavy atom. The van der Waals surface area contributed by atoms with Crippen LogP contribution in [0.4, 0.5) is 0 Å². The van der Waals surface area contributed by atoms with Crippen LogP contribution in [-0.4, -0.2) is 86.0 Å². The van der Waals surface area contributed by atoms with E-state index in [1.165, 1.54) is 11.1 Å². The molecule has 1 heterocycles. The van der Waals surface area contributed by atoms with Crippen molar-refractivity contribution in [3.05, 3.63) is 154 Å². The minimum atomic E-state index is -1.00. The van der Waals surface area contributed by atoms with Crippen LogP contribution >= 0.6 is 11.6 Å². The van der Waals surface area contributed by atoms with E-state index in [9.17, 15) is 19.2 Å². The third-order valence-corrected chi connectivity index (χ3v) is 8.94. The highest BCUT2D eigenvalue weighted by Gasteiger charge is 2.26. The molecule has 10 heteroatoms. The molecule has 0 aliphatic carbocycles. The fourth-order valence-electron chi connectivity index (χ4n) is 5.88. The highest BCUT2D eigenvalue weighted by Crippen LogP contribution is 2.30. The SMILES string of the molecule is CC(C(=O)OC(=O)/C=C\C(=O)OCCOCCN1CCN(C(c2ccccc2)c2ccc(Cl)cc2)CC1)c1cccc(C(=O)c2ccccc2)c1. The van der Waals surface area contributed by atoms with E-state index in [0.717, 1.165) is 49.9 Å². The molecule has 0 saturated carbocycles. The second-order valence-electron chi connectivity index (χ2n) is 12.1. The van der Waals surface area contributed by atoms with Crippen molar-refractivity contribution in [3.63, 3.8) is 0 Å². The molecule has 1 saturated heterocycles. The molecule has 5 rings (SSSR count). The first-order valence-corrected chi connectivity index (χ1v) is 17.3. The fraction of sp³-hybridized carbons (Fsp3) is 0.268. The summed E-state index contributed by atoms with van der Waals surface area (Å²) in [5.74, 6) is -3.57. The van der Waals surface area contributed by atoms with Gasteiger partial charge in [0, 0.05) is 61.0 Å². The second-order valence-corrected chi connectivity index (χ2v) is 12.6. The second kappa shape index (κ2) is 18.9. The van der Waals surface area contributed by atoms with Crippen molar-refractivity contribution in [3.8, 4) is 0 Å². The van der Waals surface area contributed by atoms with E-state index in [1.807, 2.05) is 24.3 Å². The molecule has 0 spiro atoms. The largest absolute Gasteiger partial charge is 0.460 e. The summed E-state index contributed by atoms with van der Waals surface area (Å²) in [6, 6.07) is 34.1. The first-order chi connectivity index (χ1) is 24.8. The third kappa shape index (κ3) is 11.0. The van der Waals surface area contributed by atoms with Gasteiger partial charge in [0.1, 0.15) is 6.61 Å². The lowest BCUT2D eigenvalue weighted by Gasteiger charge is -2.39. The van der Waals surface area contributed by atoms with E-state index in [0.29, 0.717) is 23.3 Å². The molecule has 1 aliphatic rings. The van der Waals surface area contributed by atoms with Gasteiger partial charge in [-0.1, -0.05) is 103 Å². The number of carbonyl (C=O) groups is 4. The average molecular weight is 709 g/mol. The molecule has 2 unspecified atom stereocenters. The zero-order valence-corrected chi connectivity index (χ0v) is 29.2. The number of piperazine rings is 1. The van der Waals surface area contributed by atoms with Crippen LogP contribution in [0.1, 0.15) is 51.5 Å². The number of halogens is 1.